The summed E-state index contributed by atoms with van der Waals surface area (Å²) in [6.45, 7) is 6.89. The number of nitrogens with zero attached hydrogens (tertiary/aromatic N) is 1. The molecule has 1 aliphatic rings. The van der Waals surface area contributed by atoms with Gasteiger partial charge in [-0.3, -0.25) is 5.10 Å². The van der Waals surface area contributed by atoms with Gasteiger partial charge in [0.25, 0.3) is 0 Å². The zero-order valence-electron chi connectivity index (χ0n) is 8.67. The van der Waals surface area contributed by atoms with Gasteiger partial charge in [0.15, 0.2) is 0 Å². The van der Waals surface area contributed by atoms with Crippen molar-refractivity contribution < 1.29 is 0 Å². The summed E-state index contributed by atoms with van der Waals surface area (Å²) in [5.41, 5.74) is 2.85. The molecule has 0 aliphatic heterocycles. The number of fused-ring (bicyclic) bond motifs is 1. The van der Waals surface area contributed by atoms with Crippen LogP contribution in [0.5, 0.6) is 0 Å². The summed E-state index contributed by atoms with van der Waals surface area (Å²) >= 11 is 0. The van der Waals surface area contributed by atoms with Crippen molar-refractivity contribution in [2.75, 3.05) is 0 Å². The topological polar surface area (TPSA) is 28.7 Å². The smallest absolute Gasteiger partial charge is 0.0524 e. The van der Waals surface area contributed by atoms with E-state index in [2.05, 4.69) is 31.0 Å². The van der Waals surface area contributed by atoms with Crippen LogP contribution in [0.25, 0.3) is 0 Å². The van der Waals surface area contributed by atoms with Crippen molar-refractivity contribution in [1.82, 2.24) is 10.2 Å². The predicted octanol–water partition coefficient (Wildman–Crippen LogP) is 3.05. The van der Waals surface area contributed by atoms with E-state index in [0.29, 0.717) is 11.8 Å². The van der Waals surface area contributed by atoms with Crippen LogP contribution in [0, 0.1) is 5.92 Å². The molecule has 0 radical (unpaired) electrons. The number of H-pyrrole nitrogens is 1. The maximum absolute atomic E-state index is 4.16. The molecule has 0 unspecified atom stereocenters. The zero-order chi connectivity index (χ0) is 9.42. The fourth-order valence-corrected chi connectivity index (χ4v) is 2.39. The number of nitrogens with one attached hydrogen (secondary N) is 1. The number of aromatic nitrogens is 2. The van der Waals surface area contributed by atoms with Gasteiger partial charge in [0.1, 0.15) is 0 Å². The van der Waals surface area contributed by atoms with Gasteiger partial charge in [0, 0.05) is 11.6 Å². The van der Waals surface area contributed by atoms with E-state index in [9.17, 15) is 0 Å². The molecule has 2 heteroatoms. The number of hydrogen-bond acceptors (Lipinski definition) is 1. The Hall–Kier alpha value is -0.790. The molecule has 1 aromatic heterocycles. The van der Waals surface area contributed by atoms with Gasteiger partial charge in [-0.15, -0.1) is 0 Å². The molecule has 72 valence electrons. The first-order chi connectivity index (χ1) is 6.20. The lowest BCUT2D eigenvalue weighted by molar-refractivity contribution is 0.403. The molecule has 0 bridgehead atoms. The standard InChI is InChI=1S/C11H18N2/c1-7(2)9-5-4-8(3)10-6-12-13-11(9)10/h6-9H,4-5H2,1-3H3,(H,12,13)/t8-,9+/m1/s1. The summed E-state index contributed by atoms with van der Waals surface area (Å²) in [6, 6.07) is 0. The zero-order valence-corrected chi connectivity index (χ0v) is 8.67. The van der Waals surface area contributed by atoms with Gasteiger partial charge >= 0.3 is 0 Å². The average molecular weight is 178 g/mol. The molecule has 0 amide bonds. The van der Waals surface area contributed by atoms with Gasteiger partial charge in [-0.25, -0.2) is 0 Å². The molecule has 13 heavy (non-hydrogen) atoms. The van der Waals surface area contributed by atoms with Crippen LogP contribution in [0.1, 0.15) is 56.7 Å². The van der Waals surface area contributed by atoms with Gasteiger partial charge in [-0.05, 0) is 30.2 Å². The third-order valence-corrected chi connectivity index (χ3v) is 3.32. The summed E-state index contributed by atoms with van der Waals surface area (Å²) in [5, 5.41) is 7.33. The summed E-state index contributed by atoms with van der Waals surface area (Å²) in [6.07, 6.45) is 4.64. The second kappa shape index (κ2) is 3.17. The molecule has 0 saturated carbocycles. The highest BCUT2D eigenvalue weighted by Gasteiger charge is 2.28. The molecule has 0 saturated heterocycles. The first-order valence-electron chi connectivity index (χ1n) is 5.23. The molecule has 1 aliphatic carbocycles. The number of rotatable bonds is 1. The van der Waals surface area contributed by atoms with Crippen LogP contribution in [0.15, 0.2) is 6.20 Å². The molecule has 1 aromatic rings. The first kappa shape index (κ1) is 8.79. The fourth-order valence-electron chi connectivity index (χ4n) is 2.39. The van der Waals surface area contributed by atoms with E-state index in [1.54, 1.807) is 0 Å². The minimum atomic E-state index is 0.698. The maximum Gasteiger partial charge on any atom is 0.0524 e. The number of aromatic amines is 1. The Kier molecular flexibility index (Phi) is 2.14. The lowest BCUT2D eigenvalue weighted by Crippen LogP contribution is -2.16. The van der Waals surface area contributed by atoms with Crippen LogP contribution in [0.4, 0.5) is 0 Å². The van der Waals surface area contributed by atoms with Gasteiger partial charge < -0.3 is 0 Å². The minimum Gasteiger partial charge on any atom is -0.282 e. The molecule has 0 fully saturated rings. The van der Waals surface area contributed by atoms with E-state index in [1.807, 2.05) is 6.20 Å². The van der Waals surface area contributed by atoms with Crippen molar-refractivity contribution in [2.45, 2.75) is 45.4 Å². The molecular formula is C11H18N2. The van der Waals surface area contributed by atoms with E-state index in [4.69, 9.17) is 0 Å². The molecule has 0 aromatic carbocycles. The SMILES string of the molecule is CC(C)[C@@H]1CC[C@@H](C)c2cn[nH]c21. The summed E-state index contributed by atoms with van der Waals surface area (Å²) in [7, 11) is 0. The Morgan fingerprint density at radius 3 is 2.92 bits per heavy atom. The summed E-state index contributed by atoms with van der Waals surface area (Å²) in [5.74, 6) is 2.13. The van der Waals surface area contributed by atoms with Crippen molar-refractivity contribution in [2.24, 2.45) is 5.92 Å². The van der Waals surface area contributed by atoms with E-state index in [1.165, 1.54) is 24.1 Å². The molecular weight excluding hydrogens is 160 g/mol. The predicted molar refractivity (Wildman–Crippen MR) is 53.8 cm³/mol. The molecule has 0 spiro atoms. The van der Waals surface area contributed by atoms with E-state index >= 15 is 0 Å². The van der Waals surface area contributed by atoms with E-state index < -0.39 is 0 Å². The highest BCUT2D eigenvalue weighted by atomic mass is 15.1. The van der Waals surface area contributed by atoms with Crippen LogP contribution in [-0.2, 0) is 0 Å². The molecule has 2 nitrogen and oxygen atoms in total. The van der Waals surface area contributed by atoms with Crippen molar-refractivity contribution in [3.05, 3.63) is 17.5 Å². The second-order valence-electron chi connectivity index (χ2n) is 4.57. The van der Waals surface area contributed by atoms with Crippen LogP contribution in [-0.4, -0.2) is 10.2 Å². The van der Waals surface area contributed by atoms with Gasteiger partial charge in [0.2, 0.25) is 0 Å². The molecule has 2 atom stereocenters. The van der Waals surface area contributed by atoms with Crippen molar-refractivity contribution >= 4 is 0 Å². The van der Waals surface area contributed by atoms with Crippen LogP contribution in [0.2, 0.25) is 0 Å². The van der Waals surface area contributed by atoms with Gasteiger partial charge in [-0.2, -0.15) is 5.10 Å². The molecule has 1 heterocycles. The summed E-state index contributed by atoms with van der Waals surface area (Å²) < 4.78 is 0. The first-order valence-corrected chi connectivity index (χ1v) is 5.23. The number of hydrogen-bond donors (Lipinski definition) is 1. The van der Waals surface area contributed by atoms with E-state index in [-0.39, 0.29) is 0 Å². The lowest BCUT2D eigenvalue weighted by atomic mass is 9.77. The minimum absolute atomic E-state index is 0.698. The van der Waals surface area contributed by atoms with Crippen LogP contribution in [0.3, 0.4) is 0 Å². The highest BCUT2D eigenvalue weighted by molar-refractivity contribution is 5.27. The third-order valence-electron chi connectivity index (χ3n) is 3.32. The van der Waals surface area contributed by atoms with Crippen molar-refractivity contribution in [3.63, 3.8) is 0 Å². The van der Waals surface area contributed by atoms with Crippen molar-refractivity contribution in [1.29, 1.82) is 0 Å². The van der Waals surface area contributed by atoms with Gasteiger partial charge in [-0.1, -0.05) is 20.8 Å². The largest absolute Gasteiger partial charge is 0.282 e. The summed E-state index contributed by atoms with van der Waals surface area (Å²) in [4.78, 5) is 0. The fraction of sp³-hybridized carbons (Fsp3) is 0.727. The Labute approximate surface area is 79.7 Å². The Bertz CT molecular complexity index is 288. The highest BCUT2D eigenvalue weighted by Crippen LogP contribution is 2.40. The normalized spacial score (nSPS) is 27.7. The Morgan fingerprint density at radius 1 is 1.46 bits per heavy atom. The monoisotopic (exact) mass is 178 g/mol. The second-order valence-corrected chi connectivity index (χ2v) is 4.57. The Balaban J connectivity index is 2.35. The molecule has 1 N–H and O–H groups in total. The lowest BCUT2D eigenvalue weighted by Gasteiger charge is -2.28. The molecule has 2 rings (SSSR count). The van der Waals surface area contributed by atoms with Crippen molar-refractivity contribution in [3.8, 4) is 0 Å². The maximum atomic E-state index is 4.16. The van der Waals surface area contributed by atoms with E-state index in [0.717, 1.165) is 5.92 Å². The van der Waals surface area contributed by atoms with Crippen LogP contribution >= 0.6 is 0 Å². The Morgan fingerprint density at radius 2 is 2.23 bits per heavy atom. The third kappa shape index (κ3) is 1.38. The van der Waals surface area contributed by atoms with Gasteiger partial charge in [0.05, 0.1) is 6.20 Å². The van der Waals surface area contributed by atoms with Crippen LogP contribution < -0.4 is 0 Å². The quantitative estimate of drug-likeness (QED) is 0.703. The average Bonchev–Trinajstić information content (AvgIpc) is 2.53.